The Morgan fingerprint density at radius 1 is 0.625 bits per heavy atom. The molecule has 86 valence electrons. The molecule has 0 N–H and O–H groups in total. The minimum atomic E-state index is -1.38. The molecule has 0 saturated carbocycles. The Balaban J connectivity index is 3.62. The van der Waals surface area contributed by atoms with E-state index in [2.05, 4.69) is 0 Å². The molecule has 1 aromatic rings. The van der Waals surface area contributed by atoms with Crippen molar-refractivity contribution >= 4 is 12.2 Å². The lowest BCUT2D eigenvalue weighted by Gasteiger charge is -2.06. The van der Waals surface area contributed by atoms with Gasteiger partial charge in [0.2, 0.25) is 0 Å². The molecule has 0 fully saturated rings. The Kier molecular flexibility index (Phi) is 3.88. The van der Waals surface area contributed by atoms with Crippen molar-refractivity contribution in [2.24, 2.45) is 0 Å². The second kappa shape index (κ2) is 4.96. The summed E-state index contributed by atoms with van der Waals surface area (Å²) in [6, 6.07) is 0. The Hall–Kier alpha value is -1.58. The largest absolute Gasteiger partial charge is 0.203 e. The van der Waals surface area contributed by atoms with E-state index in [9.17, 15) is 17.6 Å². The third-order valence-corrected chi connectivity index (χ3v) is 2.00. The fraction of sp³-hybridized carbons (Fsp3) is 0.167. The first-order valence-corrected chi connectivity index (χ1v) is 4.65. The zero-order chi connectivity index (χ0) is 12.3. The summed E-state index contributed by atoms with van der Waals surface area (Å²) in [4.78, 5) is 0. The molecule has 1 aromatic carbocycles. The predicted octanol–water partition coefficient (Wildman–Crippen LogP) is 4.31. The maximum atomic E-state index is 13.3. The van der Waals surface area contributed by atoms with E-state index in [1.54, 1.807) is 0 Å². The summed E-state index contributed by atoms with van der Waals surface area (Å²) < 4.78 is 53.4. The van der Waals surface area contributed by atoms with Crippen LogP contribution in [0.25, 0.3) is 12.2 Å². The Morgan fingerprint density at radius 3 is 1.06 bits per heavy atom. The van der Waals surface area contributed by atoms with Gasteiger partial charge in [-0.05, 0) is 13.8 Å². The van der Waals surface area contributed by atoms with Gasteiger partial charge in [-0.2, -0.15) is 0 Å². The smallest absolute Gasteiger partial charge is 0.169 e. The lowest BCUT2D eigenvalue weighted by atomic mass is 10.1. The summed E-state index contributed by atoms with van der Waals surface area (Å²) in [5, 5.41) is 0. The molecule has 0 atom stereocenters. The lowest BCUT2D eigenvalue weighted by molar-refractivity contribution is 0.448. The summed E-state index contributed by atoms with van der Waals surface area (Å²) in [6.07, 6.45) is 4.57. The van der Waals surface area contributed by atoms with E-state index in [0.717, 1.165) is 12.2 Å². The first-order valence-electron chi connectivity index (χ1n) is 4.65. The van der Waals surface area contributed by atoms with Gasteiger partial charge in [-0.25, -0.2) is 17.6 Å². The Bertz CT molecular complexity index is 387. The van der Waals surface area contributed by atoms with Crippen LogP contribution in [0.15, 0.2) is 12.2 Å². The van der Waals surface area contributed by atoms with E-state index in [0.29, 0.717) is 0 Å². The number of hydrogen-bond donors (Lipinski definition) is 0. The number of benzene rings is 1. The number of hydrogen-bond acceptors (Lipinski definition) is 0. The highest BCUT2D eigenvalue weighted by Crippen LogP contribution is 2.26. The van der Waals surface area contributed by atoms with E-state index < -0.39 is 34.4 Å². The van der Waals surface area contributed by atoms with Crippen LogP contribution in [0.5, 0.6) is 0 Å². The van der Waals surface area contributed by atoms with Crippen LogP contribution in [-0.4, -0.2) is 0 Å². The maximum Gasteiger partial charge on any atom is 0.169 e. The van der Waals surface area contributed by atoms with Gasteiger partial charge in [0.05, 0.1) is 11.1 Å². The molecule has 1 rings (SSSR count). The van der Waals surface area contributed by atoms with Crippen molar-refractivity contribution in [1.82, 2.24) is 0 Å². The normalized spacial score (nSPS) is 11.9. The van der Waals surface area contributed by atoms with Gasteiger partial charge >= 0.3 is 0 Å². The van der Waals surface area contributed by atoms with Gasteiger partial charge in [0.25, 0.3) is 0 Å². The molecular weight excluding hydrogens is 220 g/mol. The minimum absolute atomic E-state index is 0.703. The highest BCUT2D eigenvalue weighted by atomic mass is 19.2. The van der Waals surface area contributed by atoms with Gasteiger partial charge in [-0.1, -0.05) is 24.3 Å². The molecule has 0 aliphatic heterocycles. The molecular formula is C12H10F4. The second-order valence-electron chi connectivity index (χ2n) is 3.08. The van der Waals surface area contributed by atoms with Crippen LogP contribution in [-0.2, 0) is 0 Å². The Morgan fingerprint density at radius 2 is 0.875 bits per heavy atom. The molecule has 0 aromatic heterocycles. The van der Waals surface area contributed by atoms with Crippen molar-refractivity contribution in [1.29, 1.82) is 0 Å². The molecule has 4 heteroatoms. The van der Waals surface area contributed by atoms with E-state index in [1.165, 1.54) is 26.0 Å². The fourth-order valence-electron chi connectivity index (χ4n) is 1.29. The van der Waals surface area contributed by atoms with E-state index >= 15 is 0 Å². The molecule has 0 amide bonds. The van der Waals surface area contributed by atoms with Gasteiger partial charge in [0.1, 0.15) is 0 Å². The van der Waals surface area contributed by atoms with E-state index in [1.807, 2.05) is 0 Å². The van der Waals surface area contributed by atoms with Crippen molar-refractivity contribution in [3.63, 3.8) is 0 Å². The predicted molar refractivity (Wildman–Crippen MR) is 55.7 cm³/mol. The highest BCUT2D eigenvalue weighted by Gasteiger charge is 2.22. The van der Waals surface area contributed by atoms with E-state index in [4.69, 9.17) is 0 Å². The molecule has 0 spiro atoms. The first kappa shape index (κ1) is 12.5. The maximum absolute atomic E-state index is 13.3. The molecule has 0 radical (unpaired) electrons. The number of rotatable bonds is 2. The third kappa shape index (κ3) is 2.01. The summed E-state index contributed by atoms with van der Waals surface area (Å²) in [5.41, 5.74) is -1.41. The standard InChI is InChI=1S/C12H10F4/c1-3-5-7-9(13)11(15)8(6-4-2)12(16)10(7)14/h3-6H,1-2H3/b5-3+,6-4+. The molecule has 0 unspecified atom stereocenters. The average molecular weight is 230 g/mol. The zero-order valence-electron chi connectivity index (χ0n) is 8.82. The van der Waals surface area contributed by atoms with Crippen molar-refractivity contribution < 1.29 is 17.6 Å². The molecule has 0 saturated heterocycles. The second-order valence-corrected chi connectivity index (χ2v) is 3.08. The monoisotopic (exact) mass is 230 g/mol. The summed E-state index contributed by atoms with van der Waals surface area (Å²) in [5.74, 6) is -5.54. The molecule has 0 aliphatic carbocycles. The molecule has 0 heterocycles. The molecule has 16 heavy (non-hydrogen) atoms. The molecule has 0 nitrogen and oxygen atoms in total. The van der Waals surface area contributed by atoms with Crippen molar-refractivity contribution in [2.75, 3.05) is 0 Å². The summed E-state index contributed by atoms with van der Waals surface area (Å²) in [6.45, 7) is 2.99. The zero-order valence-corrected chi connectivity index (χ0v) is 8.82. The minimum Gasteiger partial charge on any atom is -0.203 e. The summed E-state index contributed by atoms with van der Waals surface area (Å²) in [7, 11) is 0. The van der Waals surface area contributed by atoms with Gasteiger partial charge in [0, 0.05) is 0 Å². The van der Waals surface area contributed by atoms with Crippen molar-refractivity contribution in [2.45, 2.75) is 13.8 Å². The highest BCUT2D eigenvalue weighted by molar-refractivity contribution is 5.58. The molecule has 0 aliphatic rings. The SMILES string of the molecule is C/C=C/c1c(F)c(F)c(/C=C/C)c(F)c1F. The van der Waals surface area contributed by atoms with Crippen LogP contribution in [0.2, 0.25) is 0 Å². The van der Waals surface area contributed by atoms with Crippen molar-refractivity contribution in [3.05, 3.63) is 46.5 Å². The topological polar surface area (TPSA) is 0 Å². The van der Waals surface area contributed by atoms with Crippen LogP contribution in [0.3, 0.4) is 0 Å². The van der Waals surface area contributed by atoms with Crippen LogP contribution in [0, 0.1) is 23.3 Å². The van der Waals surface area contributed by atoms with Crippen LogP contribution in [0.1, 0.15) is 25.0 Å². The third-order valence-electron chi connectivity index (χ3n) is 2.00. The Labute approximate surface area is 90.9 Å². The van der Waals surface area contributed by atoms with Crippen molar-refractivity contribution in [3.8, 4) is 0 Å². The van der Waals surface area contributed by atoms with Gasteiger partial charge in [-0.3, -0.25) is 0 Å². The van der Waals surface area contributed by atoms with Crippen LogP contribution < -0.4 is 0 Å². The van der Waals surface area contributed by atoms with Gasteiger partial charge in [-0.15, -0.1) is 0 Å². The fourth-order valence-corrected chi connectivity index (χ4v) is 1.29. The van der Waals surface area contributed by atoms with Crippen LogP contribution >= 0.6 is 0 Å². The van der Waals surface area contributed by atoms with Gasteiger partial charge < -0.3 is 0 Å². The van der Waals surface area contributed by atoms with Crippen LogP contribution in [0.4, 0.5) is 17.6 Å². The quantitative estimate of drug-likeness (QED) is 0.524. The number of halogens is 4. The van der Waals surface area contributed by atoms with E-state index in [-0.39, 0.29) is 0 Å². The average Bonchev–Trinajstić information content (AvgIpc) is 2.28. The lowest BCUT2D eigenvalue weighted by Crippen LogP contribution is -2.03. The molecule has 0 bridgehead atoms. The number of allylic oxidation sites excluding steroid dienone is 2. The first-order chi connectivity index (χ1) is 7.54. The van der Waals surface area contributed by atoms with Gasteiger partial charge in [0.15, 0.2) is 23.3 Å². The summed E-state index contributed by atoms with van der Waals surface area (Å²) >= 11 is 0.